The molecule has 0 unspecified atom stereocenters. The van der Waals surface area contributed by atoms with Crippen LogP contribution in [-0.4, -0.2) is 10.1 Å². The van der Waals surface area contributed by atoms with Crippen LogP contribution in [0.15, 0.2) is 29.5 Å². The monoisotopic (exact) mass is 152 g/mol. The third kappa shape index (κ3) is 1.67. The fourth-order valence-corrected chi connectivity index (χ4v) is 0.724. The minimum Gasteiger partial charge on any atom is -0.592 e. The van der Waals surface area contributed by atoms with Gasteiger partial charge in [-0.1, -0.05) is 17.7 Å². The molecule has 0 heterocycles. The molecule has 4 heteroatoms. The molecular formula is C7H8N2O2. The maximum Gasteiger partial charge on any atom is 0.248 e. The number of hydrogen-bond acceptors (Lipinski definition) is 2. The van der Waals surface area contributed by atoms with E-state index in [0.717, 1.165) is 5.56 Å². The zero-order valence-electron chi connectivity index (χ0n) is 6.06. The Bertz CT molecular complexity index is 266. The number of nitrogens with zero attached hydrogens (tertiary/aromatic N) is 2. The average Bonchev–Trinajstić information content (AvgIpc) is 2.05. The molecule has 0 atom stereocenters. The quantitative estimate of drug-likeness (QED) is 0.380. The fourth-order valence-electron chi connectivity index (χ4n) is 0.724. The third-order valence-electron chi connectivity index (χ3n) is 1.34. The second-order valence-electron chi connectivity index (χ2n) is 2.20. The highest BCUT2D eigenvalue weighted by Crippen LogP contribution is 2.11. The van der Waals surface area contributed by atoms with Gasteiger partial charge in [-0.3, -0.25) is 0 Å². The smallest absolute Gasteiger partial charge is 0.248 e. The average molecular weight is 152 g/mol. The van der Waals surface area contributed by atoms with E-state index in [2.05, 4.69) is 5.28 Å². The van der Waals surface area contributed by atoms with Crippen molar-refractivity contribution in [2.24, 2.45) is 5.28 Å². The highest BCUT2D eigenvalue weighted by atomic mass is 16.6. The van der Waals surface area contributed by atoms with Crippen molar-refractivity contribution in [2.45, 2.75) is 6.92 Å². The molecule has 0 saturated carbocycles. The Labute approximate surface area is 63.9 Å². The zero-order valence-corrected chi connectivity index (χ0v) is 6.06. The van der Waals surface area contributed by atoms with E-state index in [0.29, 0.717) is 5.69 Å². The summed E-state index contributed by atoms with van der Waals surface area (Å²) in [6.45, 7) is 1.91. The van der Waals surface area contributed by atoms with Crippen LogP contribution in [-0.2, 0) is 0 Å². The Morgan fingerprint density at radius 2 is 1.91 bits per heavy atom. The summed E-state index contributed by atoms with van der Waals surface area (Å²) in [5, 5.41) is 21.2. The molecule has 0 radical (unpaired) electrons. The summed E-state index contributed by atoms with van der Waals surface area (Å²) in [5.74, 6) is 0. The van der Waals surface area contributed by atoms with Gasteiger partial charge in [-0.15, -0.1) is 0 Å². The van der Waals surface area contributed by atoms with E-state index < -0.39 is 0 Å². The number of hydrogen-bond donors (Lipinski definition) is 1. The van der Waals surface area contributed by atoms with E-state index >= 15 is 0 Å². The first-order valence-electron chi connectivity index (χ1n) is 3.13. The molecule has 1 rings (SSSR count). The maximum absolute atomic E-state index is 10.6. The van der Waals surface area contributed by atoms with Crippen molar-refractivity contribution in [3.63, 3.8) is 0 Å². The second kappa shape index (κ2) is 3.01. The highest BCUT2D eigenvalue weighted by molar-refractivity contribution is 5.31. The van der Waals surface area contributed by atoms with Gasteiger partial charge >= 0.3 is 0 Å². The van der Waals surface area contributed by atoms with Crippen LogP contribution in [0.1, 0.15) is 5.56 Å². The molecule has 4 nitrogen and oxygen atoms in total. The lowest BCUT2D eigenvalue weighted by atomic mass is 10.2. The molecule has 1 aromatic rings. The Morgan fingerprint density at radius 3 is 2.36 bits per heavy atom. The van der Waals surface area contributed by atoms with Crippen molar-refractivity contribution in [3.05, 3.63) is 35.0 Å². The summed E-state index contributed by atoms with van der Waals surface area (Å²) >= 11 is 0. The summed E-state index contributed by atoms with van der Waals surface area (Å²) in [6.07, 6.45) is 0. The molecule has 0 aliphatic rings. The lowest BCUT2D eigenvalue weighted by molar-refractivity contribution is -0.473. The van der Waals surface area contributed by atoms with Crippen molar-refractivity contribution < 1.29 is 10.1 Å². The summed E-state index contributed by atoms with van der Waals surface area (Å²) < 4.78 is 0. The van der Waals surface area contributed by atoms with Crippen LogP contribution < -0.4 is 0 Å². The van der Waals surface area contributed by atoms with E-state index in [1.54, 1.807) is 24.3 Å². The number of rotatable bonds is 1. The Kier molecular flexibility index (Phi) is 2.06. The summed E-state index contributed by atoms with van der Waals surface area (Å²) in [4.78, 5) is 0.152. The van der Waals surface area contributed by atoms with Crippen LogP contribution in [0, 0.1) is 12.1 Å². The normalized spacial score (nSPS) is 11.5. The van der Waals surface area contributed by atoms with Gasteiger partial charge in [0.25, 0.3) is 0 Å². The van der Waals surface area contributed by atoms with Crippen LogP contribution in [0.2, 0.25) is 0 Å². The van der Waals surface area contributed by atoms with Crippen molar-refractivity contribution >= 4 is 5.69 Å². The van der Waals surface area contributed by atoms with Crippen molar-refractivity contribution in [1.82, 2.24) is 0 Å². The van der Waals surface area contributed by atoms with Crippen LogP contribution in [0.5, 0.6) is 0 Å². The van der Waals surface area contributed by atoms with E-state index in [-0.39, 0.29) is 4.86 Å². The first-order chi connectivity index (χ1) is 5.24. The molecule has 0 aliphatic heterocycles. The first kappa shape index (κ1) is 7.53. The Balaban J connectivity index is 2.99. The molecule has 11 heavy (non-hydrogen) atoms. The highest BCUT2D eigenvalue weighted by Gasteiger charge is 2.00. The summed E-state index contributed by atoms with van der Waals surface area (Å²) in [6, 6.07) is 6.71. The van der Waals surface area contributed by atoms with Gasteiger partial charge in [0.2, 0.25) is 11.0 Å². The largest absolute Gasteiger partial charge is 0.592 e. The molecule has 0 aliphatic carbocycles. The van der Waals surface area contributed by atoms with E-state index in [1.165, 1.54) is 0 Å². The number of aryl methyl sites for hydroxylation is 1. The van der Waals surface area contributed by atoms with Crippen LogP contribution in [0.25, 0.3) is 0 Å². The van der Waals surface area contributed by atoms with E-state index in [4.69, 9.17) is 5.21 Å². The molecule has 1 aromatic carbocycles. The van der Waals surface area contributed by atoms with Gasteiger partial charge in [-0.2, -0.15) is 0 Å². The van der Waals surface area contributed by atoms with Gasteiger partial charge in [0.05, 0.1) is 0 Å². The number of benzene rings is 1. The van der Waals surface area contributed by atoms with Gasteiger partial charge in [0, 0.05) is 12.1 Å². The van der Waals surface area contributed by atoms with E-state index in [9.17, 15) is 5.21 Å². The lowest BCUT2D eigenvalue weighted by Crippen LogP contribution is -1.89. The zero-order chi connectivity index (χ0) is 8.27. The van der Waals surface area contributed by atoms with Gasteiger partial charge in [-0.25, -0.2) is 0 Å². The Morgan fingerprint density at radius 1 is 1.36 bits per heavy atom. The van der Waals surface area contributed by atoms with Gasteiger partial charge in [0.15, 0.2) is 0 Å². The van der Waals surface area contributed by atoms with Crippen molar-refractivity contribution in [3.8, 4) is 0 Å². The van der Waals surface area contributed by atoms with Gasteiger partial charge in [0.1, 0.15) is 0 Å². The molecule has 0 spiro atoms. The molecular weight excluding hydrogens is 144 g/mol. The first-order valence-corrected chi connectivity index (χ1v) is 3.13. The minimum absolute atomic E-state index is 0.152. The van der Waals surface area contributed by atoms with Crippen molar-refractivity contribution in [2.75, 3.05) is 0 Å². The lowest BCUT2D eigenvalue weighted by Gasteiger charge is -1.95. The molecule has 58 valence electrons. The molecule has 0 amide bonds. The third-order valence-corrected chi connectivity index (χ3v) is 1.34. The van der Waals surface area contributed by atoms with Crippen LogP contribution in [0.3, 0.4) is 0 Å². The minimum atomic E-state index is 0.152. The maximum atomic E-state index is 10.6. The topological polar surface area (TPSA) is 58.7 Å². The second-order valence-corrected chi connectivity index (χ2v) is 2.20. The molecule has 0 aromatic heterocycles. The van der Waals surface area contributed by atoms with Crippen LogP contribution in [0.4, 0.5) is 5.69 Å². The molecule has 0 saturated heterocycles. The van der Waals surface area contributed by atoms with E-state index in [1.807, 2.05) is 6.92 Å². The van der Waals surface area contributed by atoms with Crippen LogP contribution >= 0.6 is 0 Å². The molecule has 1 N–H and O–H groups in total. The SMILES string of the molecule is Cc1ccc([N+]([O-])=NO)cc1. The summed E-state index contributed by atoms with van der Waals surface area (Å²) in [7, 11) is 0. The van der Waals surface area contributed by atoms with Gasteiger partial charge < -0.3 is 10.4 Å². The van der Waals surface area contributed by atoms with Gasteiger partial charge in [-0.05, 0) is 11.8 Å². The summed E-state index contributed by atoms with van der Waals surface area (Å²) in [5.41, 5.74) is 1.37. The predicted molar refractivity (Wildman–Crippen MR) is 38.7 cm³/mol. The van der Waals surface area contributed by atoms with Crippen molar-refractivity contribution in [1.29, 1.82) is 0 Å². The molecule has 0 bridgehead atoms. The standard InChI is InChI=1S/C7H8N2O2/c1-6-2-4-7(5-3-6)9(11)8-10/h2-5,10H,1H3. The fraction of sp³-hybridized carbons (Fsp3) is 0.143. The Hall–Kier alpha value is -1.58. The predicted octanol–water partition coefficient (Wildman–Crippen LogP) is 1.98. The molecule has 0 fully saturated rings.